The number of nitrogens with two attached hydrogens (primary N) is 1. The monoisotopic (exact) mass is 156 g/mol. The summed E-state index contributed by atoms with van der Waals surface area (Å²) < 4.78 is 0. The lowest BCUT2D eigenvalue weighted by Gasteiger charge is -2.38. The van der Waals surface area contributed by atoms with Crippen LogP contribution in [0.15, 0.2) is 0 Å². The molecule has 2 heteroatoms. The minimum Gasteiger partial charge on any atom is -0.326 e. The lowest BCUT2D eigenvalue weighted by molar-refractivity contribution is 0.130. The van der Waals surface area contributed by atoms with Crippen molar-refractivity contribution < 1.29 is 0 Å². The largest absolute Gasteiger partial charge is 0.326 e. The lowest BCUT2D eigenvalue weighted by Crippen LogP contribution is -2.53. The third kappa shape index (κ3) is 1.74. The van der Waals surface area contributed by atoms with Crippen molar-refractivity contribution in [2.75, 3.05) is 13.1 Å². The molecule has 0 bridgehead atoms. The Morgan fingerprint density at radius 1 is 1.27 bits per heavy atom. The maximum atomic E-state index is 5.91. The Bertz CT molecular complexity index is 124. The van der Waals surface area contributed by atoms with Gasteiger partial charge in [0.05, 0.1) is 0 Å². The first-order valence-corrected chi connectivity index (χ1v) is 4.56. The van der Waals surface area contributed by atoms with E-state index in [1.807, 2.05) is 0 Å². The van der Waals surface area contributed by atoms with E-state index in [9.17, 15) is 0 Å². The van der Waals surface area contributed by atoms with E-state index in [0.29, 0.717) is 0 Å². The second-order valence-corrected chi connectivity index (χ2v) is 4.14. The van der Waals surface area contributed by atoms with Crippen LogP contribution >= 0.6 is 0 Å². The van der Waals surface area contributed by atoms with Crippen molar-refractivity contribution in [1.82, 2.24) is 4.90 Å². The molecule has 0 spiro atoms. The van der Waals surface area contributed by atoms with Crippen molar-refractivity contribution in [2.45, 2.75) is 45.2 Å². The Kier molecular flexibility index (Phi) is 2.55. The summed E-state index contributed by atoms with van der Waals surface area (Å²) in [6.07, 6.45) is 2.69. The van der Waals surface area contributed by atoms with E-state index in [-0.39, 0.29) is 11.6 Å². The van der Waals surface area contributed by atoms with E-state index >= 15 is 0 Å². The summed E-state index contributed by atoms with van der Waals surface area (Å²) in [6.45, 7) is 9.04. The maximum absolute atomic E-state index is 5.91. The number of hydrogen-bond donors (Lipinski definition) is 1. The Morgan fingerprint density at radius 3 is 2.09 bits per heavy atom. The van der Waals surface area contributed by atoms with E-state index in [4.69, 9.17) is 5.73 Å². The van der Waals surface area contributed by atoms with Crippen LogP contribution in [0.3, 0.4) is 0 Å². The van der Waals surface area contributed by atoms with Crippen molar-refractivity contribution in [3.05, 3.63) is 0 Å². The van der Waals surface area contributed by atoms with Gasteiger partial charge in [0.15, 0.2) is 0 Å². The normalized spacial score (nSPS) is 24.0. The zero-order valence-electron chi connectivity index (χ0n) is 7.93. The minimum absolute atomic E-state index is 0.191. The summed E-state index contributed by atoms with van der Waals surface area (Å²) in [5.41, 5.74) is 6.10. The number of rotatable bonds is 2. The summed E-state index contributed by atoms with van der Waals surface area (Å²) in [5.74, 6) is 0. The number of likely N-dealkylation sites (tertiary alicyclic amines) is 1. The molecule has 1 aliphatic heterocycles. The van der Waals surface area contributed by atoms with E-state index in [1.54, 1.807) is 0 Å². The molecule has 1 saturated heterocycles. The summed E-state index contributed by atoms with van der Waals surface area (Å²) in [7, 11) is 0. The SMILES string of the molecule is CC(N)C(C)(C)N1CCCC1. The van der Waals surface area contributed by atoms with E-state index < -0.39 is 0 Å². The molecule has 1 aliphatic rings. The van der Waals surface area contributed by atoms with Crippen LogP contribution < -0.4 is 5.73 Å². The molecule has 2 nitrogen and oxygen atoms in total. The van der Waals surface area contributed by atoms with E-state index in [1.165, 1.54) is 25.9 Å². The van der Waals surface area contributed by atoms with Crippen molar-refractivity contribution in [3.8, 4) is 0 Å². The molecule has 1 rings (SSSR count). The fourth-order valence-corrected chi connectivity index (χ4v) is 1.58. The van der Waals surface area contributed by atoms with Gasteiger partial charge in [-0.05, 0) is 46.7 Å². The summed E-state index contributed by atoms with van der Waals surface area (Å²) >= 11 is 0. The molecular formula is C9H20N2. The fourth-order valence-electron chi connectivity index (χ4n) is 1.58. The summed E-state index contributed by atoms with van der Waals surface area (Å²) in [5, 5.41) is 0. The predicted octanol–water partition coefficient (Wildman–Crippen LogP) is 1.21. The van der Waals surface area contributed by atoms with Crippen molar-refractivity contribution in [3.63, 3.8) is 0 Å². The summed E-state index contributed by atoms with van der Waals surface area (Å²) in [4.78, 5) is 2.50. The highest BCUT2D eigenvalue weighted by Gasteiger charge is 2.31. The molecule has 0 amide bonds. The van der Waals surface area contributed by atoms with Gasteiger partial charge in [0.1, 0.15) is 0 Å². The molecule has 11 heavy (non-hydrogen) atoms. The Balaban J connectivity index is 2.55. The predicted molar refractivity (Wildman–Crippen MR) is 48.5 cm³/mol. The minimum atomic E-state index is 0.191. The van der Waals surface area contributed by atoms with Gasteiger partial charge in [-0.15, -0.1) is 0 Å². The average molecular weight is 156 g/mol. The Morgan fingerprint density at radius 2 is 1.73 bits per heavy atom. The second kappa shape index (κ2) is 3.11. The molecule has 1 heterocycles. The van der Waals surface area contributed by atoms with Gasteiger partial charge in [0.25, 0.3) is 0 Å². The highest BCUT2D eigenvalue weighted by molar-refractivity contribution is 4.90. The molecule has 1 fully saturated rings. The molecule has 0 aliphatic carbocycles. The average Bonchev–Trinajstić information content (AvgIpc) is 2.37. The van der Waals surface area contributed by atoms with Crippen LogP contribution in [0.2, 0.25) is 0 Å². The van der Waals surface area contributed by atoms with E-state index in [2.05, 4.69) is 25.7 Å². The van der Waals surface area contributed by atoms with Crippen molar-refractivity contribution >= 4 is 0 Å². The van der Waals surface area contributed by atoms with Gasteiger partial charge in [-0.2, -0.15) is 0 Å². The zero-order chi connectivity index (χ0) is 8.48. The second-order valence-electron chi connectivity index (χ2n) is 4.14. The van der Waals surface area contributed by atoms with Gasteiger partial charge in [-0.1, -0.05) is 0 Å². The van der Waals surface area contributed by atoms with Gasteiger partial charge in [-0.3, -0.25) is 4.90 Å². The van der Waals surface area contributed by atoms with Crippen LogP contribution in [-0.4, -0.2) is 29.6 Å². The van der Waals surface area contributed by atoms with Gasteiger partial charge >= 0.3 is 0 Å². The first-order valence-electron chi connectivity index (χ1n) is 4.56. The highest BCUT2D eigenvalue weighted by atomic mass is 15.2. The van der Waals surface area contributed by atoms with Gasteiger partial charge in [0, 0.05) is 11.6 Å². The molecule has 66 valence electrons. The summed E-state index contributed by atoms with van der Waals surface area (Å²) in [6, 6.07) is 0.264. The topological polar surface area (TPSA) is 29.3 Å². The van der Waals surface area contributed by atoms with Crippen LogP contribution in [-0.2, 0) is 0 Å². The van der Waals surface area contributed by atoms with Crippen LogP contribution in [0.4, 0.5) is 0 Å². The van der Waals surface area contributed by atoms with Crippen molar-refractivity contribution in [1.29, 1.82) is 0 Å². The van der Waals surface area contributed by atoms with Crippen molar-refractivity contribution in [2.24, 2.45) is 5.73 Å². The first kappa shape index (κ1) is 9.01. The number of nitrogens with zero attached hydrogens (tertiary/aromatic N) is 1. The third-order valence-corrected chi connectivity index (χ3v) is 3.04. The molecule has 0 aromatic rings. The number of hydrogen-bond acceptors (Lipinski definition) is 2. The third-order valence-electron chi connectivity index (χ3n) is 3.04. The first-order chi connectivity index (χ1) is 5.05. The van der Waals surface area contributed by atoms with Crippen LogP contribution in [0, 0.1) is 0 Å². The zero-order valence-corrected chi connectivity index (χ0v) is 7.93. The smallest absolute Gasteiger partial charge is 0.0301 e. The molecule has 1 atom stereocenters. The molecule has 0 aromatic carbocycles. The van der Waals surface area contributed by atoms with E-state index in [0.717, 1.165) is 0 Å². The highest BCUT2D eigenvalue weighted by Crippen LogP contribution is 2.22. The molecule has 0 saturated carbocycles. The fraction of sp³-hybridized carbons (Fsp3) is 1.00. The van der Waals surface area contributed by atoms with Crippen LogP contribution in [0.5, 0.6) is 0 Å². The van der Waals surface area contributed by atoms with Gasteiger partial charge < -0.3 is 5.73 Å². The Hall–Kier alpha value is -0.0800. The molecule has 0 aromatic heterocycles. The maximum Gasteiger partial charge on any atom is 0.0301 e. The standard InChI is InChI=1S/C9H20N2/c1-8(10)9(2,3)11-6-4-5-7-11/h8H,4-7,10H2,1-3H3. The molecule has 0 radical (unpaired) electrons. The molecule has 1 unspecified atom stereocenters. The quantitative estimate of drug-likeness (QED) is 0.651. The Labute approximate surface area is 69.8 Å². The molecule has 2 N–H and O–H groups in total. The van der Waals surface area contributed by atoms with Gasteiger partial charge in [0.2, 0.25) is 0 Å². The van der Waals surface area contributed by atoms with Gasteiger partial charge in [-0.25, -0.2) is 0 Å². The van der Waals surface area contributed by atoms with Crippen LogP contribution in [0.1, 0.15) is 33.6 Å². The molecular weight excluding hydrogens is 136 g/mol. The lowest BCUT2D eigenvalue weighted by atomic mass is 9.95. The van der Waals surface area contributed by atoms with Crippen LogP contribution in [0.25, 0.3) is 0 Å².